The summed E-state index contributed by atoms with van der Waals surface area (Å²) in [6, 6.07) is 8.48. The highest BCUT2D eigenvalue weighted by molar-refractivity contribution is 5.86. The minimum atomic E-state index is 0.757. The van der Waals surface area contributed by atoms with Gasteiger partial charge in [0.05, 0.1) is 11.2 Å². The van der Waals surface area contributed by atoms with Crippen LogP contribution in [0.25, 0.3) is 17.0 Å². The van der Waals surface area contributed by atoms with E-state index in [9.17, 15) is 0 Å². The number of hydrogen-bond acceptors (Lipinski definition) is 1. The van der Waals surface area contributed by atoms with Crippen LogP contribution in [0.4, 0.5) is 0 Å². The topological polar surface area (TPSA) is 12.9 Å². The summed E-state index contributed by atoms with van der Waals surface area (Å²) in [5.41, 5.74) is 6.90. The van der Waals surface area contributed by atoms with Crippen LogP contribution in [-0.4, -0.2) is 4.98 Å². The van der Waals surface area contributed by atoms with E-state index in [0.29, 0.717) is 0 Å². The molecule has 1 aromatic heterocycles. The second-order valence-corrected chi connectivity index (χ2v) is 4.96. The third kappa shape index (κ3) is 0.934. The van der Waals surface area contributed by atoms with E-state index >= 15 is 0 Å². The maximum Gasteiger partial charge on any atom is 0.0712 e. The highest BCUT2D eigenvalue weighted by Gasteiger charge is 2.33. The van der Waals surface area contributed by atoms with E-state index in [1.165, 1.54) is 35.0 Å². The Labute approximate surface area is 94.8 Å². The summed E-state index contributed by atoms with van der Waals surface area (Å²) < 4.78 is 0. The number of allylic oxidation sites excluding steroid dienone is 1. The van der Waals surface area contributed by atoms with Crippen molar-refractivity contribution in [2.45, 2.75) is 25.7 Å². The van der Waals surface area contributed by atoms with Crippen LogP contribution in [-0.2, 0) is 0 Å². The van der Waals surface area contributed by atoms with Crippen molar-refractivity contribution in [2.24, 2.45) is 0 Å². The van der Waals surface area contributed by atoms with Gasteiger partial charge in [0.15, 0.2) is 0 Å². The average Bonchev–Trinajstić information content (AvgIpc) is 2.27. The molecule has 0 radical (unpaired) electrons. The van der Waals surface area contributed by atoms with Crippen LogP contribution in [0.15, 0.2) is 29.8 Å². The first-order valence-corrected chi connectivity index (χ1v) is 5.91. The predicted molar refractivity (Wildman–Crippen MR) is 66.4 cm³/mol. The van der Waals surface area contributed by atoms with Crippen LogP contribution in [0.1, 0.15) is 35.6 Å². The molecule has 16 heavy (non-hydrogen) atoms. The van der Waals surface area contributed by atoms with E-state index in [-0.39, 0.29) is 0 Å². The Bertz CT molecular complexity index is 629. The van der Waals surface area contributed by atoms with E-state index in [4.69, 9.17) is 4.98 Å². The van der Waals surface area contributed by atoms with Crippen molar-refractivity contribution in [1.29, 1.82) is 0 Å². The Kier molecular flexibility index (Phi) is 1.45. The Hall–Kier alpha value is -1.63. The number of aryl methyl sites for hydroxylation is 1. The third-order valence-corrected chi connectivity index (χ3v) is 4.00. The first-order valence-electron chi connectivity index (χ1n) is 5.91. The van der Waals surface area contributed by atoms with E-state index in [1.54, 1.807) is 5.57 Å². The molecule has 5 rings (SSSR count). The minimum absolute atomic E-state index is 0.757. The number of rotatable bonds is 0. The summed E-state index contributed by atoms with van der Waals surface area (Å²) in [7, 11) is 0. The molecule has 0 spiro atoms. The largest absolute Gasteiger partial charge is 0.248 e. The lowest BCUT2D eigenvalue weighted by molar-refractivity contribution is 0.539. The van der Waals surface area contributed by atoms with Crippen molar-refractivity contribution in [3.05, 3.63) is 46.7 Å². The second-order valence-electron chi connectivity index (χ2n) is 4.96. The molecular weight excluding hydrogens is 194 g/mol. The van der Waals surface area contributed by atoms with Gasteiger partial charge in [-0.1, -0.05) is 23.8 Å². The highest BCUT2D eigenvalue weighted by Crippen LogP contribution is 2.49. The van der Waals surface area contributed by atoms with Crippen molar-refractivity contribution in [1.82, 2.24) is 4.98 Å². The predicted octanol–water partition coefficient (Wildman–Crippen LogP) is 3.82. The van der Waals surface area contributed by atoms with Crippen LogP contribution < -0.4 is 0 Å². The van der Waals surface area contributed by atoms with Gasteiger partial charge in [0.1, 0.15) is 0 Å². The average molecular weight is 207 g/mol. The Morgan fingerprint density at radius 1 is 1.19 bits per heavy atom. The van der Waals surface area contributed by atoms with Gasteiger partial charge in [0.25, 0.3) is 0 Å². The van der Waals surface area contributed by atoms with Gasteiger partial charge in [-0.2, -0.15) is 0 Å². The quantitative estimate of drug-likeness (QED) is 0.640. The third-order valence-electron chi connectivity index (χ3n) is 4.00. The number of benzene rings is 1. The van der Waals surface area contributed by atoms with Gasteiger partial charge >= 0.3 is 0 Å². The van der Waals surface area contributed by atoms with Crippen molar-refractivity contribution < 1.29 is 0 Å². The zero-order chi connectivity index (χ0) is 10.7. The van der Waals surface area contributed by atoms with Crippen LogP contribution >= 0.6 is 0 Å². The molecule has 0 N–H and O–H groups in total. The van der Waals surface area contributed by atoms with E-state index in [1.807, 2.05) is 0 Å². The molecule has 1 fully saturated rings. The number of nitrogens with zero attached hydrogens (tertiary/aromatic N) is 1. The molecule has 1 heterocycles. The smallest absolute Gasteiger partial charge is 0.0712 e. The molecule has 3 aliphatic carbocycles. The maximum absolute atomic E-state index is 4.78. The molecule has 3 aliphatic rings. The fourth-order valence-corrected chi connectivity index (χ4v) is 3.13. The van der Waals surface area contributed by atoms with Crippen LogP contribution in [0.3, 0.4) is 0 Å². The van der Waals surface area contributed by atoms with E-state index in [2.05, 4.69) is 37.3 Å². The molecule has 0 unspecified atom stereocenters. The number of para-hydroxylation sites is 1. The molecule has 0 aliphatic heterocycles. The van der Waals surface area contributed by atoms with Gasteiger partial charge in [-0.3, -0.25) is 0 Å². The van der Waals surface area contributed by atoms with Crippen LogP contribution in [0, 0.1) is 6.92 Å². The SMILES string of the molecule is Cc1c2c(nc3ccccc13)C=C1CC2C1. The lowest BCUT2D eigenvalue weighted by atomic mass is 9.69. The van der Waals surface area contributed by atoms with Gasteiger partial charge in [0.2, 0.25) is 0 Å². The molecule has 2 bridgehead atoms. The monoisotopic (exact) mass is 207 g/mol. The Morgan fingerprint density at radius 3 is 2.88 bits per heavy atom. The van der Waals surface area contributed by atoms with Gasteiger partial charge in [0, 0.05) is 5.39 Å². The Balaban J connectivity index is 2.15. The molecule has 1 nitrogen and oxygen atoms in total. The zero-order valence-corrected chi connectivity index (χ0v) is 9.33. The lowest BCUT2D eigenvalue weighted by Gasteiger charge is -2.36. The number of fused-ring (bicyclic) bond motifs is 1. The van der Waals surface area contributed by atoms with Crippen molar-refractivity contribution in [3.63, 3.8) is 0 Å². The molecule has 1 heteroatoms. The fraction of sp³-hybridized carbons (Fsp3) is 0.267. The second kappa shape index (κ2) is 2.73. The number of hydrogen-bond donors (Lipinski definition) is 0. The minimum Gasteiger partial charge on any atom is -0.248 e. The first-order chi connectivity index (χ1) is 7.83. The van der Waals surface area contributed by atoms with Crippen molar-refractivity contribution in [3.8, 4) is 0 Å². The molecule has 0 amide bonds. The number of pyridine rings is 1. The molecule has 2 aromatic rings. The first kappa shape index (κ1) is 8.51. The van der Waals surface area contributed by atoms with Gasteiger partial charge < -0.3 is 0 Å². The molecule has 1 saturated carbocycles. The molecule has 1 aromatic carbocycles. The summed E-state index contributed by atoms with van der Waals surface area (Å²) >= 11 is 0. The van der Waals surface area contributed by atoms with E-state index < -0.39 is 0 Å². The molecular formula is C15H13N. The Morgan fingerprint density at radius 2 is 2.00 bits per heavy atom. The number of aromatic nitrogens is 1. The normalized spacial score (nSPS) is 17.9. The van der Waals surface area contributed by atoms with Crippen LogP contribution in [0.2, 0.25) is 0 Å². The molecule has 0 saturated heterocycles. The summed E-state index contributed by atoms with van der Waals surface area (Å²) in [6.45, 7) is 2.25. The zero-order valence-electron chi connectivity index (χ0n) is 9.33. The van der Waals surface area contributed by atoms with Gasteiger partial charge in [-0.25, -0.2) is 4.98 Å². The molecule has 78 valence electrons. The van der Waals surface area contributed by atoms with Crippen molar-refractivity contribution in [2.75, 3.05) is 0 Å². The fourth-order valence-electron chi connectivity index (χ4n) is 3.13. The lowest BCUT2D eigenvalue weighted by Crippen LogP contribution is -2.20. The van der Waals surface area contributed by atoms with Crippen molar-refractivity contribution >= 4 is 17.0 Å². The van der Waals surface area contributed by atoms with Gasteiger partial charge in [-0.05, 0) is 49.0 Å². The van der Waals surface area contributed by atoms with Gasteiger partial charge in [-0.15, -0.1) is 0 Å². The van der Waals surface area contributed by atoms with Crippen LogP contribution in [0.5, 0.6) is 0 Å². The maximum atomic E-state index is 4.78. The summed E-state index contributed by atoms with van der Waals surface area (Å²) in [5.74, 6) is 0.757. The summed E-state index contributed by atoms with van der Waals surface area (Å²) in [6.07, 6.45) is 4.84. The standard InChI is InChI=1S/C15H13N/c1-9-12-4-2-3-5-13(12)16-14-8-10-6-11(7-10)15(9)14/h2-5,8,11H,6-7H2,1H3. The summed E-state index contributed by atoms with van der Waals surface area (Å²) in [5, 5.41) is 1.32. The highest BCUT2D eigenvalue weighted by atomic mass is 14.7. The summed E-state index contributed by atoms with van der Waals surface area (Å²) in [4.78, 5) is 4.78. The van der Waals surface area contributed by atoms with E-state index in [0.717, 1.165) is 11.4 Å². The molecule has 0 atom stereocenters.